The predicted octanol–water partition coefficient (Wildman–Crippen LogP) is 2.21. The molecule has 1 aromatic heterocycles. The molecule has 0 aliphatic heterocycles. The highest BCUT2D eigenvalue weighted by Crippen LogP contribution is 2.21. The minimum absolute atomic E-state index is 0.000509. The third-order valence-corrected chi connectivity index (χ3v) is 2.06. The number of anilines is 1. The maximum absolute atomic E-state index is 10.7. The summed E-state index contributed by atoms with van der Waals surface area (Å²) in [5.74, 6) is 2.55. The van der Waals surface area contributed by atoms with Crippen molar-refractivity contribution in [3.63, 3.8) is 0 Å². The first kappa shape index (κ1) is 12.0. The molecule has 5 nitrogen and oxygen atoms in total. The van der Waals surface area contributed by atoms with E-state index in [1.54, 1.807) is 6.07 Å². The molecule has 0 saturated heterocycles. The van der Waals surface area contributed by atoms with E-state index in [2.05, 4.69) is 16.2 Å². The number of pyridine rings is 1. The Hall–Kier alpha value is -2.09. The van der Waals surface area contributed by atoms with E-state index < -0.39 is 4.92 Å². The van der Waals surface area contributed by atoms with E-state index >= 15 is 0 Å². The molecule has 0 fully saturated rings. The summed E-state index contributed by atoms with van der Waals surface area (Å²) in [6, 6.07) is 1.60. The van der Waals surface area contributed by atoms with Gasteiger partial charge in [-0.1, -0.05) is 0 Å². The molecule has 1 aromatic rings. The van der Waals surface area contributed by atoms with Crippen LogP contribution in [-0.4, -0.2) is 16.5 Å². The Kier molecular flexibility index (Phi) is 4.80. The Morgan fingerprint density at radius 1 is 1.56 bits per heavy atom. The standard InChI is InChI=1S/C11H13N3O2/c1-2-3-4-5-7-13-10-6-8-12-9-11(10)14(15)16/h1,6,8-9H,3-5,7H2,(H,12,13). The summed E-state index contributed by atoms with van der Waals surface area (Å²) in [6.45, 7) is 0.673. The van der Waals surface area contributed by atoms with E-state index in [0.29, 0.717) is 12.2 Å². The van der Waals surface area contributed by atoms with Gasteiger partial charge in [-0.3, -0.25) is 15.1 Å². The van der Waals surface area contributed by atoms with E-state index in [1.807, 2.05) is 0 Å². The molecule has 0 aliphatic carbocycles. The van der Waals surface area contributed by atoms with Gasteiger partial charge in [-0.25, -0.2) is 0 Å². The van der Waals surface area contributed by atoms with Gasteiger partial charge in [0.25, 0.3) is 0 Å². The predicted molar refractivity (Wildman–Crippen MR) is 62.1 cm³/mol. The topological polar surface area (TPSA) is 68.1 Å². The van der Waals surface area contributed by atoms with Crippen LogP contribution < -0.4 is 5.32 Å². The fourth-order valence-corrected chi connectivity index (χ4v) is 1.26. The molecule has 1 heterocycles. The van der Waals surface area contributed by atoms with Gasteiger partial charge >= 0.3 is 5.69 Å². The Morgan fingerprint density at radius 2 is 2.38 bits per heavy atom. The van der Waals surface area contributed by atoms with Gasteiger partial charge in [0.1, 0.15) is 11.9 Å². The molecule has 0 radical (unpaired) electrons. The van der Waals surface area contributed by atoms with E-state index in [1.165, 1.54) is 12.4 Å². The van der Waals surface area contributed by atoms with Crippen molar-refractivity contribution >= 4 is 11.4 Å². The first-order valence-electron chi connectivity index (χ1n) is 5.01. The molecule has 84 valence electrons. The lowest BCUT2D eigenvalue weighted by Crippen LogP contribution is -2.04. The van der Waals surface area contributed by atoms with E-state index in [-0.39, 0.29) is 5.69 Å². The lowest BCUT2D eigenvalue weighted by molar-refractivity contribution is -0.384. The average Bonchev–Trinajstić information content (AvgIpc) is 2.29. The van der Waals surface area contributed by atoms with Crippen LogP contribution in [0.1, 0.15) is 19.3 Å². The van der Waals surface area contributed by atoms with E-state index in [0.717, 1.165) is 19.3 Å². The molecule has 0 saturated carbocycles. The van der Waals surface area contributed by atoms with Gasteiger partial charge in [0.05, 0.1) is 4.92 Å². The number of terminal acetylenes is 1. The second-order valence-corrected chi connectivity index (χ2v) is 3.24. The molecular formula is C11H13N3O2. The van der Waals surface area contributed by atoms with Crippen LogP contribution in [0.2, 0.25) is 0 Å². The minimum Gasteiger partial charge on any atom is -0.379 e. The molecule has 0 amide bonds. The fourth-order valence-electron chi connectivity index (χ4n) is 1.26. The smallest absolute Gasteiger partial charge is 0.310 e. The molecular weight excluding hydrogens is 206 g/mol. The third-order valence-electron chi connectivity index (χ3n) is 2.06. The van der Waals surface area contributed by atoms with Crippen LogP contribution in [0.4, 0.5) is 11.4 Å². The number of hydrogen-bond acceptors (Lipinski definition) is 4. The lowest BCUT2D eigenvalue weighted by atomic mass is 10.2. The van der Waals surface area contributed by atoms with Gasteiger partial charge in [-0.2, -0.15) is 0 Å². The van der Waals surface area contributed by atoms with Crippen molar-refractivity contribution in [2.45, 2.75) is 19.3 Å². The van der Waals surface area contributed by atoms with Gasteiger partial charge < -0.3 is 5.32 Å². The molecule has 0 bridgehead atoms. The maximum atomic E-state index is 10.7. The summed E-state index contributed by atoms with van der Waals surface area (Å²) in [5.41, 5.74) is 0.500. The SMILES string of the molecule is C#CCCCCNc1ccncc1[N+](=O)[O-]. The van der Waals surface area contributed by atoms with E-state index in [4.69, 9.17) is 6.42 Å². The van der Waals surface area contributed by atoms with Gasteiger partial charge in [0.2, 0.25) is 0 Å². The summed E-state index contributed by atoms with van der Waals surface area (Å²) in [5, 5.41) is 13.7. The number of nitrogens with zero attached hydrogens (tertiary/aromatic N) is 2. The fraction of sp³-hybridized carbons (Fsp3) is 0.364. The monoisotopic (exact) mass is 219 g/mol. The average molecular weight is 219 g/mol. The van der Waals surface area contributed by atoms with Crippen LogP contribution in [0.5, 0.6) is 0 Å². The number of nitro groups is 1. The van der Waals surface area contributed by atoms with E-state index in [9.17, 15) is 10.1 Å². The largest absolute Gasteiger partial charge is 0.379 e. The molecule has 0 aromatic carbocycles. The Morgan fingerprint density at radius 3 is 3.06 bits per heavy atom. The zero-order valence-electron chi connectivity index (χ0n) is 8.85. The Labute approximate surface area is 94.0 Å². The molecule has 0 unspecified atom stereocenters. The van der Waals surface area contributed by atoms with Crippen LogP contribution in [0, 0.1) is 22.5 Å². The van der Waals surface area contributed by atoms with Crippen molar-refractivity contribution in [1.82, 2.24) is 4.98 Å². The van der Waals surface area contributed by atoms with Crippen LogP contribution in [0.3, 0.4) is 0 Å². The number of unbranched alkanes of at least 4 members (excludes halogenated alkanes) is 2. The van der Waals surface area contributed by atoms with Crippen molar-refractivity contribution in [2.24, 2.45) is 0 Å². The first-order chi connectivity index (χ1) is 7.75. The van der Waals surface area contributed by atoms with Gasteiger partial charge in [-0.05, 0) is 18.9 Å². The number of nitrogens with one attached hydrogen (secondary N) is 1. The number of hydrogen-bond donors (Lipinski definition) is 1. The van der Waals surface area contributed by atoms with Crippen molar-refractivity contribution in [1.29, 1.82) is 0 Å². The van der Waals surface area contributed by atoms with Crippen molar-refractivity contribution < 1.29 is 4.92 Å². The molecule has 1 rings (SSSR count). The normalized spacial score (nSPS) is 9.44. The van der Waals surface area contributed by atoms with Crippen LogP contribution >= 0.6 is 0 Å². The lowest BCUT2D eigenvalue weighted by Gasteiger charge is -2.05. The molecule has 1 N–H and O–H groups in total. The third kappa shape index (κ3) is 3.58. The van der Waals surface area contributed by atoms with Crippen molar-refractivity contribution in [2.75, 3.05) is 11.9 Å². The highest BCUT2D eigenvalue weighted by atomic mass is 16.6. The Balaban J connectivity index is 2.47. The van der Waals surface area contributed by atoms with Gasteiger partial charge in [-0.15, -0.1) is 12.3 Å². The number of rotatable bonds is 6. The maximum Gasteiger partial charge on any atom is 0.310 e. The summed E-state index contributed by atoms with van der Waals surface area (Å²) in [7, 11) is 0. The highest BCUT2D eigenvalue weighted by molar-refractivity contribution is 5.59. The zero-order chi connectivity index (χ0) is 11.8. The minimum atomic E-state index is -0.448. The summed E-state index contributed by atoms with van der Waals surface area (Å²) < 4.78 is 0. The second kappa shape index (κ2) is 6.40. The van der Waals surface area contributed by atoms with Crippen molar-refractivity contribution in [3.8, 4) is 12.3 Å². The summed E-state index contributed by atoms with van der Waals surface area (Å²) in [6.07, 6.45) is 10.4. The number of aromatic nitrogens is 1. The van der Waals surface area contributed by atoms with Gasteiger partial charge in [0, 0.05) is 19.2 Å². The summed E-state index contributed by atoms with van der Waals surface area (Å²) in [4.78, 5) is 13.9. The quantitative estimate of drug-likeness (QED) is 0.344. The Bertz CT molecular complexity index is 398. The second-order valence-electron chi connectivity index (χ2n) is 3.24. The summed E-state index contributed by atoms with van der Waals surface area (Å²) >= 11 is 0. The zero-order valence-corrected chi connectivity index (χ0v) is 8.85. The highest BCUT2D eigenvalue weighted by Gasteiger charge is 2.11. The molecule has 16 heavy (non-hydrogen) atoms. The van der Waals surface area contributed by atoms with Crippen molar-refractivity contribution in [3.05, 3.63) is 28.6 Å². The molecule has 0 atom stereocenters. The van der Waals surface area contributed by atoms with Gasteiger partial charge in [0.15, 0.2) is 0 Å². The molecule has 0 spiro atoms. The van der Waals surface area contributed by atoms with Crippen LogP contribution in [-0.2, 0) is 0 Å². The molecule has 5 heteroatoms. The van der Waals surface area contributed by atoms with Crippen LogP contribution in [0.25, 0.3) is 0 Å². The van der Waals surface area contributed by atoms with Crippen LogP contribution in [0.15, 0.2) is 18.5 Å². The first-order valence-corrected chi connectivity index (χ1v) is 5.01. The molecule has 0 aliphatic rings.